The number of benzene rings is 2. The molecule has 2 aromatic carbocycles. The predicted molar refractivity (Wildman–Crippen MR) is 128 cm³/mol. The number of esters is 1. The summed E-state index contributed by atoms with van der Waals surface area (Å²) >= 11 is 0. The second kappa shape index (κ2) is 15.6. The van der Waals surface area contributed by atoms with Gasteiger partial charge in [0, 0.05) is 31.8 Å². The van der Waals surface area contributed by atoms with E-state index < -0.39 is 12.1 Å². The largest absolute Gasteiger partial charge is 0.460 e. The molecular weight excluding hydrogens is 420 g/mol. The number of nitrogens with zero attached hydrogens (tertiary/aromatic N) is 1. The first-order valence-corrected chi connectivity index (χ1v) is 11.2. The Balaban J connectivity index is 1.60. The van der Waals surface area contributed by atoms with E-state index in [0.717, 1.165) is 26.1 Å². The van der Waals surface area contributed by atoms with Gasteiger partial charge in [-0.3, -0.25) is 4.90 Å². The second-order valence-electron chi connectivity index (χ2n) is 7.63. The van der Waals surface area contributed by atoms with Crippen molar-refractivity contribution in [2.75, 3.05) is 39.5 Å². The van der Waals surface area contributed by atoms with Crippen LogP contribution in [0.2, 0.25) is 0 Å². The van der Waals surface area contributed by atoms with Gasteiger partial charge in [0.1, 0.15) is 6.61 Å². The molecule has 0 fully saturated rings. The van der Waals surface area contributed by atoms with Crippen LogP contribution in [-0.4, -0.2) is 56.5 Å². The van der Waals surface area contributed by atoms with E-state index in [1.165, 1.54) is 11.1 Å². The first-order chi connectivity index (χ1) is 16.0. The molecule has 0 atom stereocenters. The maximum absolute atomic E-state index is 11.8. The molecule has 0 aliphatic rings. The fourth-order valence-corrected chi connectivity index (χ4v) is 3.05. The van der Waals surface area contributed by atoms with Crippen molar-refractivity contribution in [3.63, 3.8) is 0 Å². The van der Waals surface area contributed by atoms with E-state index >= 15 is 0 Å². The van der Waals surface area contributed by atoms with Gasteiger partial charge in [-0.1, -0.05) is 67.2 Å². The van der Waals surface area contributed by atoms with Crippen molar-refractivity contribution in [2.45, 2.75) is 26.4 Å². The van der Waals surface area contributed by atoms with Gasteiger partial charge >= 0.3 is 12.1 Å². The maximum Gasteiger partial charge on any atom is 0.407 e. The number of hydrogen-bond donors (Lipinski definition) is 1. The standard InChI is InChI=1S/C26H34N2O5/c1-22(2)25(29)32-19-18-31-17-14-27-26(30)33-16-9-15-28(20-23-10-5-3-6-11-23)21-24-12-7-4-8-13-24/h3-8,10-13H,1,9,14-21H2,2H3,(H,27,30). The Morgan fingerprint density at radius 1 is 0.848 bits per heavy atom. The monoisotopic (exact) mass is 454 g/mol. The third-order valence-electron chi connectivity index (χ3n) is 4.67. The molecule has 0 bridgehead atoms. The summed E-state index contributed by atoms with van der Waals surface area (Å²) in [4.78, 5) is 25.4. The number of amides is 1. The van der Waals surface area contributed by atoms with Crippen LogP contribution in [0.4, 0.5) is 4.79 Å². The number of carbonyl (C=O) groups is 2. The highest BCUT2D eigenvalue weighted by Gasteiger charge is 2.08. The van der Waals surface area contributed by atoms with E-state index in [1.807, 2.05) is 36.4 Å². The molecule has 7 heteroatoms. The minimum Gasteiger partial charge on any atom is -0.460 e. The normalized spacial score (nSPS) is 10.6. The Morgan fingerprint density at radius 2 is 1.45 bits per heavy atom. The fraction of sp³-hybridized carbons (Fsp3) is 0.385. The van der Waals surface area contributed by atoms with Crippen LogP contribution in [0.1, 0.15) is 24.5 Å². The minimum atomic E-state index is -0.468. The highest BCUT2D eigenvalue weighted by molar-refractivity contribution is 5.86. The van der Waals surface area contributed by atoms with Crippen molar-refractivity contribution in [2.24, 2.45) is 0 Å². The predicted octanol–water partition coefficient (Wildman–Crippen LogP) is 3.94. The molecule has 0 aromatic heterocycles. The van der Waals surface area contributed by atoms with Crippen LogP contribution in [0.3, 0.4) is 0 Å². The Labute approximate surface area is 196 Å². The SMILES string of the molecule is C=C(C)C(=O)OCCOCCNC(=O)OCCCN(Cc1ccccc1)Cc1ccccc1. The molecule has 0 aliphatic carbocycles. The maximum atomic E-state index is 11.8. The van der Waals surface area contributed by atoms with Gasteiger partial charge < -0.3 is 19.5 Å². The molecule has 2 rings (SSSR count). The molecule has 178 valence electrons. The summed E-state index contributed by atoms with van der Waals surface area (Å²) in [5.41, 5.74) is 2.85. The molecule has 33 heavy (non-hydrogen) atoms. The lowest BCUT2D eigenvalue weighted by Crippen LogP contribution is -2.30. The molecule has 0 aliphatic heterocycles. The average molecular weight is 455 g/mol. The zero-order chi connectivity index (χ0) is 23.7. The van der Waals surface area contributed by atoms with Gasteiger partial charge in [-0.2, -0.15) is 0 Å². The molecule has 0 unspecified atom stereocenters. The van der Waals surface area contributed by atoms with Gasteiger partial charge in [-0.25, -0.2) is 9.59 Å². The first-order valence-electron chi connectivity index (χ1n) is 11.2. The Morgan fingerprint density at radius 3 is 2.03 bits per heavy atom. The van der Waals surface area contributed by atoms with Crippen molar-refractivity contribution < 1.29 is 23.8 Å². The summed E-state index contributed by atoms with van der Waals surface area (Å²) in [6, 6.07) is 20.7. The number of alkyl carbamates (subject to hydrolysis) is 1. The van der Waals surface area contributed by atoms with Crippen LogP contribution in [-0.2, 0) is 32.1 Å². The Bertz CT molecular complexity index is 801. The quantitative estimate of drug-likeness (QED) is 0.250. The molecule has 7 nitrogen and oxygen atoms in total. The molecule has 1 N–H and O–H groups in total. The lowest BCUT2D eigenvalue weighted by molar-refractivity contribution is -0.140. The molecular formula is C26H34N2O5. The number of ether oxygens (including phenoxy) is 3. The van der Waals surface area contributed by atoms with Gasteiger partial charge in [0.05, 0.1) is 19.8 Å². The smallest absolute Gasteiger partial charge is 0.407 e. The number of carbonyl (C=O) groups excluding carboxylic acids is 2. The third-order valence-corrected chi connectivity index (χ3v) is 4.67. The number of rotatable bonds is 15. The van der Waals surface area contributed by atoms with E-state index in [2.05, 4.69) is 41.1 Å². The minimum absolute atomic E-state index is 0.151. The van der Waals surface area contributed by atoms with E-state index in [1.54, 1.807) is 6.92 Å². The third kappa shape index (κ3) is 11.9. The molecule has 0 radical (unpaired) electrons. The van der Waals surface area contributed by atoms with Crippen molar-refractivity contribution in [3.8, 4) is 0 Å². The van der Waals surface area contributed by atoms with E-state index in [4.69, 9.17) is 14.2 Å². The van der Waals surface area contributed by atoms with Crippen LogP contribution in [0.5, 0.6) is 0 Å². The van der Waals surface area contributed by atoms with Gasteiger partial charge in [0.2, 0.25) is 0 Å². The van der Waals surface area contributed by atoms with Crippen molar-refractivity contribution in [3.05, 3.63) is 83.9 Å². The number of nitrogens with one attached hydrogen (secondary N) is 1. The summed E-state index contributed by atoms with van der Waals surface area (Å²) in [5, 5.41) is 2.65. The molecule has 2 aromatic rings. The highest BCUT2D eigenvalue weighted by atomic mass is 16.6. The highest BCUT2D eigenvalue weighted by Crippen LogP contribution is 2.10. The van der Waals surface area contributed by atoms with E-state index in [0.29, 0.717) is 25.3 Å². The molecule has 0 saturated heterocycles. The Kier molecular flexibility index (Phi) is 12.3. The molecule has 0 saturated carbocycles. The average Bonchev–Trinajstić information content (AvgIpc) is 2.82. The summed E-state index contributed by atoms with van der Waals surface area (Å²) in [6.07, 6.45) is 0.266. The van der Waals surface area contributed by atoms with Crippen molar-refractivity contribution in [1.82, 2.24) is 10.2 Å². The van der Waals surface area contributed by atoms with Crippen LogP contribution in [0.25, 0.3) is 0 Å². The van der Waals surface area contributed by atoms with Crippen LogP contribution >= 0.6 is 0 Å². The van der Waals surface area contributed by atoms with Gasteiger partial charge in [0.15, 0.2) is 0 Å². The lowest BCUT2D eigenvalue weighted by Gasteiger charge is -2.22. The second-order valence-corrected chi connectivity index (χ2v) is 7.63. The van der Waals surface area contributed by atoms with Crippen molar-refractivity contribution in [1.29, 1.82) is 0 Å². The molecule has 0 spiro atoms. The van der Waals surface area contributed by atoms with Gasteiger partial charge in [0.25, 0.3) is 0 Å². The van der Waals surface area contributed by atoms with Crippen molar-refractivity contribution >= 4 is 12.1 Å². The zero-order valence-electron chi connectivity index (χ0n) is 19.3. The van der Waals surface area contributed by atoms with Crippen LogP contribution in [0.15, 0.2) is 72.8 Å². The van der Waals surface area contributed by atoms with Crippen LogP contribution < -0.4 is 5.32 Å². The van der Waals surface area contributed by atoms with Gasteiger partial charge in [-0.05, 0) is 24.5 Å². The number of hydrogen-bond acceptors (Lipinski definition) is 6. The topological polar surface area (TPSA) is 77.1 Å². The summed E-state index contributed by atoms with van der Waals surface area (Å²) in [6.45, 7) is 8.94. The summed E-state index contributed by atoms with van der Waals surface area (Å²) in [5.74, 6) is -0.439. The molecule has 1 amide bonds. The van der Waals surface area contributed by atoms with Crippen LogP contribution in [0, 0.1) is 0 Å². The van der Waals surface area contributed by atoms with E-state index in [-0.39, 0.29) is 13.2 Å². The summed E-state index contributed by atoms with van der Waals surface area (Å²) < 4.78 is 15.5. The Hall–Kier alpha value is -3.16. The molecule has 0 heterocycles. The summed E-state index contributed by atoms with van der Waals surface area (Å²) in [7, 11) is 0. The lowest BCUT2D eigenvalue weighted by atomic mass is 10.1. The fourth-order valence-electron chi connectivity index (χ4n) is 3.05. The van der Waals surface area contributed by atoms with E-state index in [9.17, 15) is 9.59 Å². The first kappa shape index (κ1) is 26.1. The zero-order valence-corrected chi connectivity index (χ0v) is 19.3. The van der Waals surface area contributed by atoms with Gasteiger partial charge in [-0.15, -0.1) is 0 Å².